The van der Waals surface area contributed by atoms with E-state index >= 15 is 0 Å². The standard InChI is InChI=1S/C15H14BrNO2/c16-12-6-11(8-17-9-12)15(18)10-2-1-3-14(7-10)19-13-4-5-13/h1-3,6-9,13,15,18H,4-5H2. The molecule has 3 rings (SSSR count). The van der Waals surface area contributed by atoms with Gasteiger partial charge in [-0.2, -0.15) is 0 Å². The van der Waals surface area contributed by atoms with Crippen LogP contribution in [0, 0.1) is 0 Å². The molecule has 1 N–H and O–H groups in total. The van der Waals surface area contributed by atoms with E-state index in [-0.39, 0.29) is 0 Å². The summed E-state index contributed by atoms with van der Waals surface area (Å²) in [5.41, 5.74) is 1.58. The fourth-order valence-electron chi connectivity index (χ4n) is 1.91. The van der Waals surface area contributed by atoms with Crippen molar-refractivity contribution in [2.45, 2.75) is 25.0 Å². The van der Waals surface area contributed by atoms with Gasteiger partial charge in [-0.3, -0.25) is 4.98 Å². The van der Waals surface area contributed by atoms with Crippen LogP contribution in [0.1, 0.15) is 30.1 Å². The summed E-state index contributed by atoms with van der Waals surface area (Å²) in [4.78, 5) is 4.07. The minimum Gasteiger partial charge on any atom is -0.490 e. The van der Waals surface area contributed by atoms with Gasteiger partial charge in [0.2, 0.25) is 0 Å². The predicted octanol–water partition coefficient (Wildman–Crippen LogP) is 3.47. The van der Waals surface area contributed by atoms with Crippen LogP contribution in [0.4, 0.5) is 0 Å². The van der Waals surface area contributed by atoms with E-state index in [4.69, 9.17) is 4.74 Å². The molecule has 1 unspecified atom stereocenters. The van der Waals surface area contributed by atoms with E-state index in [1.54, 1.807) is 12.4 Å². The first kappa shape index (κ1) is 12.6. The number of rotatable bonds is 4. The van der Waals surface area contributed by atoms with Crippen molar-refractivity contribution >= 4 is 15.9 Å². The molecule has 1 aromatic carbocycles. The Labute approximate surface area is 120 Å². The van der Waals surface area contributed by atoms with Gasteiger partial charge in [-0.05, 0) is 52.5 Å². The van der Waals surface area contributed by atoms with Crippen molar-refractivity contribution in [2.75, 3.05) is 0 Å². The molecule has 4 heteroatoms. The Bertz CT molecular complexity index is 584. The van der Waals surface area contributed by atoms with E-state index in [1.807, 2.05) is 30.3 Å². The van der Waals surface area contributed by atoms with Gasteiger partial charge in [0.15, 0.2) is 0 Å². The van der Waals surface area contributed by atoms with Crippen molar-refractivity contribution in [3.8, 4) is 5.75 Å². The summed E-state index contributed by atoms with van der Waals surface area (Å²) in [5.74, 6) is 0.821. The molecule has 3 nitrogen and oxygen atoms in total. The lowest BCUT2D eigenvalue weighted by atomic mass is 10.0. The van der Waals surface area contributed by atoms with Crippen LogP contribution in [-0.2, 0) is 0 Å². The molecule has 0 bridgehead atoms. The molecule has 0 spiro atoms. The highest BCUT2D eigenvalue weighted by atomic mass is 79.9. The number of nitrogens with zero attached hydrogens (tertiary/aromatic N) is 1. The summed E-state index contributed by atoms with van der Waals surface area (Å²) in [5, 5.41) is 10.4. The normalized spacial score (nSPS) is 16.1. The second kappa shape index (κ2) is 5.31. The summed E-state index contributed by atoms with van der Waals surface area (Å²) < 4.78 is 6.60. The predicted molar refractivity (Wildman–Crippen MR) is 76.1 cm³/mol. The zero-order chi connectivity index (χ0) is 13.2. The lowest BCUT2D eigenvalue weighted by molar-refractivity contribution is 0.218. The molecule has 0 radical (unpaired) electrons. The van der Waals surface area contributed by atoms with Gasteiger partial charge >= 0.3 is 0 Å². The van der Waals surface area contributed by atoms with E-state index in [0.29, 0.717) is 6.10 Å². The lowest BCUT2D eigenvalue weighted by Gasteiger charge is -2.13. The molecule has 1 heterocycles. The number of benzene rings is 1. The van der Waals surface area contributed by atoms with E-state index in [1.165, 1.54) is 0 Å². The van der Waals surface area contributed by atoms with Gasteiger partial charge in [0.05, 0.1) is 6.10 Å². The number of aromatic nitrogens is 1. The Morgan fingerprint density at radius 3 is 2.79 bits per heavy atom. The third-order valence-electron chi connectivity index (χ3n) is 3.04. The molecule has 1 atom stereocenters. The second-order valence-corrected chi connectivity index (χ2v) is 5.64. The third-order valence-corrected chi connectivity index (χ3v) is 3.48. The summed E-state index contributed by atoms with van der Waals surface area (Å²) in [6.07, 6.45) is 5.30. The van der Waals surface area contributed by atoms with Crippen LogP contribution in [-0.4, -0.2) is 16.2 Å². The van der Waals surface area contributed by atoms with Crippen molar-refractivity contribution < 1.29 is 9.84 Å². The smallest absolute Gasteiger partial charge is 0.120 e. The Kier molecular flexibility index (Phi) is 3.53. The average Bonchev–Trinajstić information content (AvgIpc) is 3.22. The Morgan fingerprint density at radius 1 is 1.21 bits per heavy atom. The van der Waals surface area contributed by atoms with Gasteiger partial charge in [0.1, 0.15) is 11.9 Å². The van der Waals surface area contributed by atoms with Crippen LogP contribution >= 0.6 is 15.9 Å². The van der Waals surface area contributed by atoms with Gasteiger partial charge in [0.25, 0.3) is 0 Å². The molecule has 1 aliphatic carbocycles. The maximum absolute atomic E-state index is 10.4. The van der Waals surface area contributed by atoms with E-state index in [0.717, 1.165) is 34.2 Å². The molecule has 1 aromatic heterocycles. The number of ether oxygens (including phenoxy) is 1. The van der Waals surface area contributed by atoms with Gasteiger partial charge in [-0.15, -0.1) is 0 Å². The average molecular weight is 320 g/mol. The van der Waals surface area contributed by atoms with Crippen LogP contribution in [0.25, 0.3) is 0 Å². The first-order valence-electron chi connectivity index (χ1n) is 6.27. The molecule has 1 aliphatic rings. The lowest BCUT2D eigenvalue weighted by Crippen LogP contribution is -2.02. The van der Waals surface area contributed by atoms with Gasteiger partial charge < -0.3 is 9.84 Å². The van der Waals surface area contributed by atoms with Crippen LogP contribution in [0.15, 0.2) is 47.2 Å². The minimum atomic E-state index is -0.687. The van der Waals surface area contributed by atoms with Crippen molar-refractivity contribution in [2.24, 2.45) is 0 Å². The summed E-state index contributed by atoms with van der Waals surface area (Å²) in [6.45, 7) is 0. The highest BCUT2D eigenvalue weighted by Crippen LogP contribution is 2.30. The first-order valence-corrected chi connectivity index (χ1v) is 7.07. The minimum absolute atomic E-state index is 0.361. The number of hydrogen-bond acceptors (Lipinski definition) is 3. The monoisotopic (exact) mass is 319 g/mol. The molecule has 19 heavy (non-hydrogen) atoms. The van der Waals surface area contributed by atoms with Crippen molar-refractivity contribution in [1.29, 1.82) is 0 Å². The van der Waals surface area contributed by atoms with E-state index in [2.05, 4.69) is 20.9 Å². The van der Waals surface area contributed by atoms with Gasteiger partial charge in [-0.25, -0.2) is 0 Å². The van der Waals surface area contributed by atoms with Crippen LogP contribution in [0.5, 0.6) is 5.75 Å². The molecule has 0 aliphatic heterocycles. The summed E-state index contributed by atoms with van der Waals surface area (Å²) >= 11 is 3.36. The van der Waals surface area contributed by atoms with Crippen molar-refractivity contribution in [1.82, 2.24) is 4.98 Å². The number of aliphatic hydroxyl groups is 1. The Hall–Kier alpha value is -1.39. The zero-order valence-corrected chi connectivity index (χ0v) is 11.9. The quantitative estimate of drug-likeness (QED) is 0.938. The fraction of sp³-hybridized carbons (Fsp3) is 0.267. The molecular weight excluding hydrogens is 306 g/mol. The van der Waals surface area contributed by atoms with E-state index < -0.39 is 6.10 Å². The number of halogens is 1. The van der Waals surface area contributed by atoms with Crippen LogP contribution in [0.3, 0.4) is 0 Å². The zero-order valence-electron chi connectivity index (χ0n) is 10.3. The second-order valence-electron chi connectivity index (χ2n) is 4.73. The summed E-state index contributed by atoms with van der Waals surface area (Å²) in [6, 6.07) is 9.48. The highest BCUT2D eigenvalue weighted by Gasteiger charge is 2.23. The van der Waals surface area contributed by atoms with Crippen LogP contribution in [0.2, 0.25) is 0 Å². The maximum Gasteiger partial charge on any atom is 0.120 e. The molecular formula is C15H14BrNO2. The van der Waals surface area contributed by atoms with Crippen LogP contribution < -0.4 is 4.74 Å². The summed E-state index contributed by atoms with van der Waals surface area (Å²) in [7, 11) is 0. The van der Waals surface area contributed by atoms with Crippen molar-refractivity contribution in [3.05, 3.63) is 58.3 Å². The number of hydrogen-bond donors (Lipinski definition) is 1. The molecule has 1 saturated carbocycles. The third kappa shape index (κ3) is 3.14. The SMILES string of the molecule is OC(c1cncc(Br)c1)c1cccc(OC2CC2)c1. The molecule has 0 saturated heterocycles. The highest BCUT2D eigenvalue weighted by molar-refractivity contribution is 9.10. The topological polar surface area (TPSA) is 42.4 Å². The molecule has 1 fully saturated rings. The molecule has 0 amide bonds. The number of pyridine rings is 1. The largest absolute Gasteiger partial charge is 0.490 e. The first-order chi connectivity index (χ1) is 9.22. The van der Waals surface area contributed by atoms with Crippen molar-refractivity contribution in [3.63, 3.8) is 0 Å². The van der Waals surface area contributed by atoms with Gasteiger partial charge in [-0.1, -0.05) is 12.1 Å². The van der Waals surface area contributed by atoms with Gasteiger partial charge in [0, 0.05) is 22.4 Å². The van der Waals surface area contributed by atoms with E-state index in [9.17, 15) is 5.11 Å². The molecule has 98 valence electrons. The Balaban J connectivity index is 1.83. The Morgan fingerprint density at radius 2 is 2.05 bits per heavy atom. The fourth-order valence-corrected chi connectivity index (χ4v) is 2.29. The molecule has 2 aromatic rings. The number of aliphatic hydroxyl groups excluding tert-OH is 1. The maximum atomic E-state index is 10.4.